The lowest BCUT2D eigenvalue weighted by molar-refractivity contribution is -0.158. The van der Waals surface area contributed by atoms with Gasteiger partial charge in [-0.1, -0.05) is 32.6 Å². The predicted molar refractivity (Wildman–Crippen MR) is 67.2 cm³/mol. The van der Waals surface area contributed by atoms with Gasteiger partial charge < -0.3 is 14.6 Å². The first-order valence-electron chi connectivity index (χ1n) is 7.00. The summed E-state index contributed by atoms with van der Waals surface area (Å²) in [5.41, 5.74) is -1.43. The number of hydrogen-bond acceptors (Lipinski definition) is 4. The van der Waals surface area contributed by atoms with E-state index < -0.39 is 17.3 Å². The van der Waals surface area contributed by atoms with Gasteiger partial charge in [0.2, 0.25) is 0 Å². The van der Waals surface area contributed by atoms with E-state index in [1.807, 2.05) is 6.92 Å². The lowest BCUT2D eigenvalue weighted by Gasteiger charge is -2.31. The molecule has 0 radical (unpaired) electrons. The van der Waals surface area contributed by atoms with Gasteiger partial charge >= 0.3 is 5.97 Å². The number of rotatable bonds is 5. The maximum absolute atomic E-state index is 11.3. The van der Waals surface area contributed by atoms with Crippen molar-refractivity contribution < 1.29 is 19.4 Å². The molecular weight excluding hydrogens is 232 g/mol. The number of ether oxygens (including phenoxy) is 2. The Morgan fingerprint density at radius 1 is 1.33 bits per heavy atom. The van der Waals surface area contributed by atoms with E-state index in [2.05, 4.69) is 6.92 Å². The van der Waals surface area contributed by atoms with Crippen LogP contribution in [0.4, 0.5) is 0 Å². The second kappa shape index (κ2) is 4.82. The molecule has 2 unspecified atom stereocenters. The van der Waals surface area contributed by atoms with Crippen LogP contribution in [0.15, 0.2) is 0 Å². The third kappa shape index (κ3) is 2.16. The molecule has 4 heteroatoms. The molecule has 0 amide bonds. The van der Waals surface area contributed by atoms with E-state index in [1.165, 1.54) is 12.8 Å². The number of carbonyl (C=O) groups excluding carboxylic acids is 1. The van der Waals surface area contributed by atoms with Gasteiger partial charge in [-0.05, 0) is 20.3 Å². The Hall–Kier alpha value is -0.610. The first kappa shape index (κ1) is 13.8. The first-order chi connectivity index (χ1) is 8.42. The van der Waals surface area contributed by atoms with Crippen LogP contribution in [0.3, 0.4) is 0 Å². The summed E-state index contributed by atoms with van der Waals surface area (Å²) in [4.78, 5) is 11.3. The molecule has 2 aliphatic rings. The fourth-order valence-corrected chi connectivity index (χ4v) is 3.19. The van der Waals surface area contributed by atoms with E-state index in [0.29, 0.717) is 0 Å². The highest BCUT2D eigenvalue weighted by Gasteiger charge is 2.64. The number of esters is 1. The van der Waals surface area contributed by atoms with Gasteiger partial charge in [0.1, 0.15) is 12.2 Å². The minimum atomic E-state index is -0.851. The summed E-state index contributed by atoms with van der Waals surface area (Å²) >= 11 is 0. The average molecular weight is 256 g/mol. The molecule has 104 valence electrons. The summed E-state index contributed by atoms with van der Waals surface area (Å²) in [6.07, 6.45) is 4.65. The van der Waals surface area contributed by atoms with E-state index in [0.717, 1.165) is 19.3 Å². The van der Waals surface area contributed by atoms with Crippen molar-refractivity contribution in [2.24, 2.45) is 0 Å². The number of hydrogen-bond donors (Lipinski definition) is 1. The van der Waals surface area contributed by atoms with Crippen molar-refractivity contribution in [3.05, 3.63) is 0 Å². The van der Waals surface area contributed by atoms with Gasteiger partial charge in [-0.3, -0.25) is 4.79 Å². The Balaban J connectivity index is 1.98. The largest absolute Gasteiger partial charge is 0.454 e. The average Bonchev–Trinajstić information content (AvgIpc) is 2.67. The zero-order valence-corrected chi connectivity index (χ0v) is 11.6. The minimum Gasteiger partial charge on any atom is -0.454 e. The number of carbonyl (C=O) groups is 1. The van der Waals surface area contributed by atoms with Gasteiger partial charge in [-0.15, -0.1) is 0 Å². The summed E-state index contributed by atoms with van der Waals surface area (Å²) in [6, 6.07) is 0. The van der Waals surface area contributed by atoms with Gasteiger partial charge in [0.05, 0.1) is 12.0 Å². The van der Waals surface area contributed by atoms with E-state index in [4.69, 9.17) is 9.47 Å². The van der Waals surface area contributed by atoms with Crippen LogP contribution in [0, 0.1) is 0 Å². The summed E-state index contributed by atoms with van der Waals surface area (Å²) in [5.74, 6) is -0.269. The van der Waals surface area contributed by atoms with Gasteiger partial charge in [-0.25, -0.2) is 0 Å². The zero-order chi connectivity index (χ0) is 13.4. The van der Waals surface area contributed by atoms with Crippen LogP contribution in [0.5, 0.6) is 0 Å². The normalized spacial score (nSPS) is 43.0. The molecule has 2 aliphatic heterocycles. The number of aliphatic hydroxyl groups excluding tert-OH is 1. The van der Waals surface area contributed by atoms with Crippen molar-refractivity contribution >= 4 is 5.97 Å². The van der Waals surface area contributed by atoms with Crippen molar-refractivity contribution in [3.8, 4) is 0 Å². The highest BCUT2D eigenvalue weighted by molar-refractivity contribution is 5.74. The monoisotopic (exact) mass is 256 g/mol. The summed E-state index contributed by atoms with van der Waals surface area (Å²) in [7, 11) is 0. The third-order valence-electron chi connectivity index (χ3n) is 4.38. The molecule has 4 nitrogen and oxygen atoms in total. The highest BCUT2D eigenvalue weighted by atomic mass is 16.6. The standard InChI is InChI=1S/C14H24O4/c1-4-5-6-7-8-13(2)12(16)14(3)10(17-13)9-11(15)18-14/h10,12,16H,4-9H2,1-3H3/t10?,12-,13-,14?/m0/s1. The van der Waals surface area contributed by atoms with Crippen LogP contribution < -0.4 is 0 Å². The van der Waals surface area contributed by atoms with Crippen LogP contribution in [0.2, 0.25) is 0 Å². The lowest BCUT2D eigenvalue weighted by Crippen LogP contribution is -2.48. The highest BCUT2D eigenvalue weighted by Crippen LogP contribution is 2.47. The maximum Gasteiger partial charge on any atom is 0.309 e. The molecule has 4 atom stereocenters. The summed E-state index contributed by atoms with van der Waals surface area (Å²) in [6.45, 7) is 5.89. The van der Waals surface area contributed by atoms with E-state index in [-0.39, 0.29) is 18.5 Å². The summed E-state index contributed by atoms with van der Waals surface area (Å²) < 4.78 is 11.2. The van der Waals surface area contributed by atoms with E-state index >= 15 is 0 Å². The SMILES string of the molecule is CCCCCC[C@]1(C)OC2CC(=O)OC2(C)[C@H]1O. The minimum absolute atomic E-state index is 0.262. The maximum atomic E-state index is 11.3. The van der Waals surface area contributed by atoms with E-state index in [1.54, 1.807) is 6.92 Å². The first-order valence-corrected chi connectivity index (χ1v) is 7.00. The lowest BCUT2D eigenvalue weighted by atomic mass is 9.84. The third-order valence-corrected chi connectivity index (χ3v) is 4.38. The molecule has 2 rings (SSSR count). The smallest absolute Gasteiger partial charge is 0.309 e. The van der Waals surface area contributed by atoms with Gasteiger partial charge in [-0.2, -0.15) is 0 Å². The molecule has 2 saturated heterocycles. The molecular formula is C14H24O4. The van der Waals surface area contributed by atoms with Crippen LogP contribution in [0.25, 0.3) is 0 Å². The van der Waals surface area contributed by atoms with Crippen molar-refractivity contribution in [2.75, 3.05) is 0 Å². The second-order valence-corrected chi connectivity index (χ2v) is 5.99. The zero-order valence-electron chi connectivity index (χ0n) is 11.6. The Morgan fingerprint density at radius 2 is 2.06 bits per heavy atom. The Kier molecular flexibility index (Phi) is 3.70. The molecule has 0 aromatic heterocycles. The molecule has 18 heavy (non-hydrogen) atoms. The summed E-state index contributed by atoms with van der Waals surface area (Å²) in [5, 5.41) is 10.4. The van der Waals surface area contributed by atoms with Crippen molar-refractivity contribution in [1.29, 1.82) is 0 Å². The second-order valence-electron chi connectivity index (χ2n) is 5.99. The molecule has 0 saturated carbocycles. The molecule has 2 fully saturated rings. The van der Waals surface area contributed by atoms with E-state index in [9.17, 15) is 9.90 Å². The van der Waals surface area contributed by atoms with Crippen molar-refractivity contribution in [1.82, 2.24) is 0 Å². The van der Waals surface area contributed by atoms with Gasteiger partial charge in [0.15, 0.2) is 5.60 Å². The van der Waals surface area contributed by atoms with Gasteiger partial charge in [0, 0.05) is 0 Å². The number of fused-ring (bicyclic) bond motifs is 1. The number of aliphatic hydroxyl groups is 1. The Morgan fingerprint density at radius 3 is 2.67 bits per heavy atom. The number of unbranched alkanes of at least 4 members (excludes halogenated alkanes) is 3. The fraction of sp³-hybridized carbons (Fsp3) is 0.929. The van der Waals surface area contributed by atoms with Crippen molar-refractivity contribution in [2.45, 2.75) is 82.7 Å². The van der Waals surface area contributed by atoms with Crippen LogP contribution in [0.1, 0.15) is 59.3 Å². The van der Waals surface area contributed by atoms with Crippen LogP contribution >= 0.6 is 0 Å². The molecule has 0 aromatic carbocycles. The molecule has 2 heterocycles. The van der Waals surface area contributed by atoms with Gasteiger partial charge in [0.25, 0.3) is 0 Å². The molecule has 0 spiro atoms. The molecule has 0 aromatic rings. The Bertz CT molecular complexity index is 330. The topological polar surface area (TPSA) is 55.8 Å². The molecule has 0 bridgehead atoms. The fourth-order valence-electron chi connectivity index (χ4n) is 3.19. The van der Waals surface area contributed by atoms with Crippen LogP contribution in [-0.4, -0.2) is 34.5 Å². The quantitative estimate of drug-likeness (QED) is 0.605. The predicted octanol–water partition coefficient (Wildman–Crippen LogP) is 2.18. The molecule has 0 aliphatic carbocycles. The van der Waals surface area contributed by atoms with Crippen LogP contribution in [-0.2, 0) is 14.3 Å². The van der Waals surface area contributed by atoms with Crippen molar-refractivity contribution in [3.63, 3.8) is 0 Å². The molecule has 1 N–H and O–H groups in total. The Labute approximate surface area is 109 Å².